The summed E-state index contributed by atoms with van der Waals surface area (Å²) in [7, 11) is 4.10. The zero-order valence-electron chi connectivity index (χ0n) is 11.8. The topological polar surface area (TPSA) is 20.3 Å². The molecule has 1 fully saturated rings. The zero-order chi connectivity index (χ0) is 13.3. The van der Waals surface area contributed by atoms with E-state index in [4.69, 9.17) is 0 Å². The summed E-state index contributed by atoms with van der Waals surface area (Å²) in [5, 5.41) is 0. The fourth-order valence-electron chi connectivity index (χ4n) is 2.90. The third-order valence-corrected chi connectivity index (χ3v) is 5.34. The molecule has 0 bridgehead atoms. The van der Waals surface area contributed by atoms with E-state index in [1.807, 2.05) is 26.2 Å². The minimum Gasteiger partial charge on any atom is -0.297 e. The van der Waals surface area contributed by atoms with Crippen LogP contribution in [-0.2, 0) is 0 Å². The van der Waals surface area contributed by atoms with Gasteiger partial charge in [-0.3, -0.25) is 9.69 Å². The van der Waals surface area contributed by atoms with E-state index in [0.29, 0.717) is 5.78 Å². The Morgan fingerprint density at radius 1 is 1.33 bits per heavy atom. The Bertz CT molecular complexity index is 427. The molecule has 1 aromatic heterocycles. The molecule has 1 aliphatic carbocycles. The summed E-state index contributed by atoms with van der Waals surface area (Å²) >= 11 is 1.63. The Labute approximate surface area is 114 Å². The first-order valence-corrected chi connectivity index (χ1v) is 7.56. The molecule has 18 heavy (non-hydrogen) atoms. The number of Topliss-reactive ketones (excluding diaryl/α,β-unsaturated/α-hetero) is 1. The van der Waals surface area contributed by atoms with Crippen molar-refractivity contribution in [2.75, 3.05) is 14.1 Å². The lowest BCUT2D eigenvalue weighted by atomic mass is 9.73. The summed E-state index contributed by atoms with van der Waals surface area (Å²) < 4.78 is 0. The van der Waals surface area contributed by atoms with Crippen LogP contribution in [0.5, 0.6) is 0 Å². The van der Waals surface area contributed by atoms with Crippen molar-refractivity contribution in [1.82, 2.24) is 4.90 Å². The number of carbonyl (C=O) groups is 1. The van der Waals surface area contributed by atoms with Gasteiger partial charge in [0.2, 0.25) is 0 Å². The lowest BCUT2D eigenvalue weighted by molar-refractivity contribution is 0.0518. The minimum atomic E-state index is -0.260. The smallest absolute Gasteiger partial charge is 0.192 e. The van der Waals surface area contributed by atoms with Crippen LogP contribution >= 0.6 is 11.3 Å². The number of hydrogen-bond acceptors (Lipinski definition) is 3. The molecule has 0 saturated heterocycles. The van der Waals surface area contributed by atoms with Gasteiger partial charge in [-0.2, -0.15) is 0 Å². The van der Waals surface area contributed by atoms with Crippen LogP contribution in [-0.4, -0.2) is 30.3 Å². The van der Waals surface area contributed by atoms with E-state index >= 15 is 0 Å². The Morgan fingerprint density at radius 3 is 2.39 bits per heavy atom. The van der Waals surface area contributed by atoms with Crippen LogP contribution in [0.25, 0.3) is 0 Å². The Hall–Kier alpha value is -0.670. The van der Waals surface area contributed by atoms with E-state index in [1.54, 1.807) is 11.3 Å². The highest BCUT2D eigenvalue weighted by Gasteiger charge is 2.43. The highest BCUT2D eigenvalue weighted by atomic mass is 32.1. The predicted molar refractivity (Wildman–Crippen MR) is 77.4 cm³/mol. The molecular weight excluding hydrogens is 242 g/mol. The fraction of sp³-hybridized carbons (Fsp3) is 0.667. The molecule has 1 heterocycles. The molecule has 3 heteroatoms. The van der Waals surface area contributed by atoms with Crippen LogP contribution in [0.4, 0.5) is 0 Å². The minimum absolute atomic E-state index is 0.260. The largest absolute Gasteiger partial charge is 0.297 e. The molecule has 1 aromatic rings. The molecule has 0 amide bonds. The van der Waals surface area contributed by atoms with E-state index in [0.717, 1.165) is 36.5 Å². The van der Waals surface area contributed by atoms with Crippen LogP contribution in [0.2, 0.25) is 0 Å². The summed E-state index contributed by atoms with van der Waals surface area (Å²) in [6.07, 6.45) is 4.32. The maximum atomic E-state index is 12.9. The molecule has 2 rings (SSSR count). The van der Waals surface area contributed by atoms with Gasteiger partial charge < -0.3 is 0 Å². The van der Waals surface area contributed by atoms with Crippen molar-refractivity contribution in [1.29, 1.82) is 0 Å². The predicted octanol–water partition coefficient (Wildman–Crippen LogP) is 3.75. The number of likely N-dealkylation sites (N-methyl/N-ethyl adjacent to an activating group) is 1. The van der Waals surface area contributed by atoms with Crippen molar-refractivity contribution >= 4 is 17.1 Å². The normalized spacial score (nSPS) is 28.6. The molecular formula is C15H23NOS. The molecule has 0 atom stereocenters. The molecule has 1 saturated carbocycles. The van der Waals surface area contributed by atoms with Crippen LogP contribution < -0.4 is 0 Å². The maximum Gasteiger partial charge on any atom is 0.192 e. The van der Waals surface area contributed by atoms with E-state index in [1.165, 1.54) is 4.88 Å². The number of carbonyl (C=O) groups excluding carboxylic acids is 1. The van der Waals surface area contributed by atoms with E-state index < -0.39 is 0 Å². The summed E-state index contributed by atoms with van der Waals surface area (Å²) in [4.78, 5) is 17.1. The number of rotatable bonds is 3. The molecule has 1 aliphatic rings. The molecule has 0 aromatic carbocycles. The number of nitrogens with zero attached hydrogens (tertiary/aromatic N) is 1. The first kappa shape index (κ1) is 13.8. The SMILES string of the molecule is Cc1ccc(C(=O)C2(N(C)C)CCC(C)CC2)s1. The third-order valence-electron chi connectivity index (χ3n) is 4.34. The van der Waals surface area contributed by atoms with E-state index in [2.05, 4.69) is 18.7 Å². The van der Waals surface area contributed by atoms with Gasteiger partial charge in [0.05, 0.1) is 10.4 Å². The van der Waals surface area contributed by atoms with Gasteiger partial charge in [-0.15, -0.1) is 11.3 Å². The lowest BCUT2D eigenvalue weighted by Crippen LogP contribution is -2.53. The number of hydrogen-bond donors (Lipinski definition) is 0. The number of aryl methyl sites for hydroxylation is 1. The Kier molecular flexibility index (Phi) is 3.93. The second kappa shape index (κ2) is 5.14. The fourth-order valence-corrected chi connectivity index (χ4v) is 3.80. The highest BCUT2D eigenvalue weighted by Crippen LogP contribution is 2.38. The van der Waals surface area contributed by atoms with Crippen molar-refractivity contribution in [3.63, 3.8) is 0 Å². The molecule has 100 valence electrons. The van der Waals surface area contributed by atoms with Crippen molar-refractivity contribution in [2.24, 2.45) is 5.92 Å². The summed E-state index contributed by atoms with van der Waals surface area (Å²) in [5.74, 6) is 1.09. The third kappa shape index (κ3) is 2.39. The number of thiophene rings is 1. The van der Waals surface area contributed by atoms with Gasteiger partial charge >= 0.3 is 0 Å². The Balaban J connectivity index is 2.28. The lowest BCUT2D eigenvalue weighted by Gasteiger charge is -2.43. The monoisotopic (exact) mass is 265 g/mol. The van der Waals surface area contributed by atoms with Crippen molar-refractivity contribution < 1.29 is 4.79 Å². The van der Waals surface area contributed by atoms with E-state index in [9.17, 15) is 4.79 Å². The first-order chi connectivity index (χ1) is 8.45. The molecule has 0 radical (unpaired) electrons. The van der Waals surface area contributed by atoms with Gasteiger partial charge in [0.15, 0.2) is 5.78 Å². The molecule has 2 nitrogen and oxygen atoms in total. The van der Waals surface area contributed by atoms with Crippen LogP contribution in [0.3, 0.4) is 0 Å². The van der Waals surface area contributed by atoms with Crippen LogP contribution in [0.15, 0.2) is 12.1 Å². The van der Waals surface area contributed by atoms with Gasteiger partial charge in [0.1, 0.15) is 0 Å². The van der Waals surface area contributed by atoms with E-state index in [-0.39, 0.29) is 5.54 Å². The molecule has 0 N–H and O–H groups in total. The van der Waals surface area contributed by atoms with Gasteiger partial charge in [-0.25, -0.2) is 0 Å². The molecule has 0 spiro atoms. The summed E-state index contributed by atoms with van der Waals surface area (Å²) in [6.45, 7) is 4.35. The Morgan fingerprint density at radius 2 is 1.94 bits per heavy atom. The summed E-state index contributed by atoms with van der Waals surface area (Å²) in [5.41, 5.74) is -0.260. The van der Waals surface area contributed by atoms with Gasteiger partial charge in [0.25, 0.3) is 0 Å². The average molecular weight is 265 g/mol. The highest BCUT2D eigenvalue weighted by molar-refractivity contribution is 7.14. The second-order valence-electron chi connectivity index (χ2n) is 5.85. The quantitative estimate of drug-likeness (QED) is 0.776. The first-order valence-electron chi connectivity index (χ1n) is 6.74. The molecule has 0 aliphatic heterocycles. The zero-order valence-corrected chi connectivity index (χ0v) is 12.6. The second-order valence-corrected chi connectivity index (χ2v) is 7.14. The van der Waals surface area contributed by atoms with Crippen molar-refractivity contribution in [3.05, 3.63) is 21.9 Å². The molecule has 0 unspecified atom stereocenters. The van der Waals surface area contributed by atoms with Crippen molar-refractivity contribution in [2.45, 2.75) is 45.1 Å². The van der Waals surface area contributed by atoms with Crippen LogP contribution in [0.1, 0.15) is 47.2 Å². The van der Waals surface area contributed by atoms with Crippen molar-refractivity contribution in [3.8, 4) is 0 Å². The summed E-state index contributed by atoms with van der Waals surface area (Å²) in [6, 6.07) is 4.04. The van der Waals surface area contributed by atoms with Gasteiger partial charge in [0, 0.05) is 4.88 Å². The standard InChI is InChI=1S/C15H23NOS/c1-11-7-9-15(10-8-11,16(3)4)14(17)13-6-5-12(2)18-13/h5-6,11H,7-10H2,1-4H3. The van der Waals surface area contributed by atoms with Crippen LogP contribution in [0, 0.1) is 12.8 Å². The number of ketones is 1. The van der Waals surface area contributed by atoms with Gasteiger partial charge in [-0.05, 0) is 64.8 Å². The maximum absolute atomic E-state index is 12.9. The average Bonchev–Trinajstić information content (AvgIpc) is 2.76. The van der Waals surface area contributed by atoms with Gasteiger partial charge in [-0.1, -0.05) is 6.92 Å².